The van der Waals surface area contributed by atoms with E-state index in [1.54, 1.807) is 0 Å². The van der Waals surface area contributed by atoms with Crippen LogP contribution in [0, 0.1) is 5.92 Å². The van der Waals surface area contributed by atoms with Gasteiger partial charge in [-0.3, -0.25) is 0 Å². The quantitative estimate of drug-likeness (QED) is 0.217. The molecule has 0 heterocycles. The van der Waals surface area contributed by atoms with Crippen LogP contribution in [0.4, 0.5) is 83.4 Å². The van der Waals surface area contributed by atoms with E-state index in [-0.39, 0.29) is 13.0 Å². The smallest absolute Gasteiger partial charge is 0.199 e. The number of rotatable bonds is 9. The minimum absolute atomic E-state index is 0.153. The normalized spacial score (nSPS) is 17.4. The van der Waals surface area contributed by atoms with Crippen LogP contribution in [0.3, 0.4) is 0 Å². The zero-order valence-corrected chi connectivity index (χ0v) is 14.5. The highest BCUT2D eigenvalue weighted by atomic mass is 19.4. The molecule has 0 radical (unpaired) electrons. The molecule has 0 nitrogen and oxygen atoms in total. The van der Waals surface area contributed by atoms with Crippen molar-refractivity contribution in [2.45, 2.75) is 60.5 Å². The zero-order valence-electron chi connectivity index (χ0n) is 14.5. The molecule has 0 amide bonds. The summed E-state index contributed by atoms with van der Waals surface area (Å²) in [6.45, 7) is 2.20. The van der Waals surface area contributed by atoms with Crippen molar-refractivity contribution < 1.29 is 83.4 Å². The number of halogens is 19. The van der Waals surface area contributed by atoms with E-state index in [0.29, 0.717) is 0 Å². The predicted octanol–water partition coefficient (Wildman–Crippen LogP) is 7.45. The number of allylic oxidation sites excluding steroid dienone is 1. The highest BCUT2D eigenvalue weighted by Crippen LogP contribution is 2.65. The van der Waals surface area contributed by atoms with Crippen LogP contribution in [0.25, 0.3) is 0 Å². The standard InChI is InChI=1S/C13H7F19/c1-3-4(2)5(14,15)6(16,17)7(18,19)8(20,21)9(22,23)10(24,25)11(26,27)12(28,29)13(30,31)32/h3-4H,1H2,2H3. The van der Waals surface area contributed by atoms with Gasteiger partial charge in [-0.25, -0.2) is 0 Å². The fourth-order valence-corrected chi connectivity index (χ4v) is 1.81. The maximum Gasteiger partial charge on any atom is 0.460 e. The lowest BCUT2D eigenvalue weighted by atomic mass is 9.85. The van der Waals surface area contributed by atoms with E-state index in [0.717, 1.165) is 0 Å². The Morgan fingerprint density at radius 2 is 0.656 bits per heavy atom. The summed E-state index contributed by atoms with van der Waals surface area (Å²) in [4.78, 5) is 0. The molecule has 0 aromatic carbocycles. The van der Waals surface area contributed by atoms with E-state index in [1.807, 2.05) is 0 Å². The van der Waals surface area contributed by atoms with Crippen molar-refractivity contribution in [1.82, 2.24) is 0 Å². The molecule has 192 valence electrons. The van der Waals surface area contributed by atoms with Crippen molar-refractivity contribution in [1.29, 1.82) is 0 Å². The third kappa shape index (κ3) is 3.47. The lowest BCUT2D eigenvalue weighted by molar-refractivity contribution is -0.469. The molecule has 0 saturated carbocycles. The fourth-order valence-electron chi connectivity index (χ4n) is 1.81. The maximum atomic E-state index is 13.4. The van der Waals surface area contributed by atoms with Gasteiger partial charge in [0.05, 0.1) is 0 Å². The Morgan fingerprint density at radius 1 is 0.438 bits per heavy atom. The third-order valence-electron chi connectivity index (χ3n) is 4.07. The van der Waals surface area contributed by atoms with Gasteiger partial charge in [0.15, 0.2) is 0 Å². The van der Waals surface area contributed by atoms with Gasteiger partial charge >= 0.3 is 53.6 Å². The van der Waals surface area contributed by atoms with Crippen molar-refractivity contribution >= 4 is 0 Å². The van der Waals surface area contributed by atoms with Gasteiger partial charge in [0.1, 0.15) is 0 Å². The van der Waals surface area contributed by atoms with Crippen LogP contribution in [0.2, 0.25) is 0 Å². The summed E-state index contributed by atoms with van der Waals surface area (Å²) >= 11 is 0. The summed E-state index contributed by atoms with van der Waals surface area (Å²) in [5.74, 6) is -69.6. The van der Waals surface area contributed by atoms with Crippen LogP contribution in [-0.2, 0) is 0 Å². The molecular weight excluding hydrogens is 517 g/mol. The monoisotopic (exact) mass is 524 g/mol. The Morgan fingerprint density at radius 3 is 0.875 bits per heavy atom. The molecule has 19 heteroatoms. The summed E-state index contributed by atoms with van der Waals surface area (Å²) in [5.41, 5.74) is 0. The molecule has 1 unspecified atom stereocenters. The first-order valence-electron chi connectivity index (χ1n) is 7.20. The fraction of sp³-hybridized carbons (Fsp3) is 0.846. The largest absolute Gasteiger partial charge is 0.460 e. The second kappa shape index (κ2) is 7.46. The van der Waals surface area contributed by atoms with Crippen LogP contribution in [-0.4, -0.2) is 53.6 Å². The van der Waals surface area contributed by atoms with Gasteiger partial charge in [-0.15, -0.1) is 6.58 Å². The molecule has 0 aliphatic rings. The van der Waals surface area contributed by atoms with Crippen molar-refractivity contribution in [2.24, 2.45) is 5.92 Å². The lowest BCUT2D eigenvalue weighted by Gasteiger charge is -2.44. The van der Waals surface area contributed by atoms with Crippen LogP contribution < -0.4 is 0 Å². The number of alkyl halides is 19. The van der Waals surface area contributed by atoms with Gasteiger partial charge in [-0.2, -0.15) is 83.4 Å². The van der Waals surface area contributed by atoms with Gasteiger partial charge in [0.25, 0.3) is 0 Å². The molecule has 0 aliphatic carbocycles. The average Bonchev–Trinajstić information content (AvgIpc) is 2.58. The summed E-state index contributed by atoms with van der Waals surface area (Å²) in [6.07, 6.45) is -8.23. The van der Waals surface area contributed by atoms with E-state index in [1.165, 1.54) is 0 Å². The van der Waals surface area contributed by atoms with Gasteiger partial charge < -0.3 is 0 Å². The topological polar surface area (TPSA) is 0 Å². The summed E-state index contributed by atoms with van der Waals surface area (Å²) in [7, 11) is 0. The highest BCUT2D eigenvalue weighted by Gasteiger charge is 2.96. The van der Waals surface area contributed by atoms with Gasteiger partial charge in [0, 0.05) is 5.92 Å². The van der Waals surface area contributed by atoms with E-state index < -0.39 is 59.5 Å². The molecule has 0 aromatic rings. The number of hydrogen-bond donors (Lipinski definition) is 0. The Bertz CT molecular complexity index is 697. The molecule has 0 saturated heterocycles. The second-order valence-corrected chi connectivity index (χ2v) is 6.17. The van der Waals surface area contributed by atoms with Gasteiger partial charge in [-0.05, 0) is 0 Å². The van der Waals surface area contributed by atoms with Crippen LogP contribution in [0.15, 0.2) is 12.7 Å². The highest BCUT2D eigenvalue weighted by molar-refractivity contribution is 5.17. The van der Waals surface area contributed by atoms with Crippen molar-refractivity contribution in [3.05, 3.63) is 12.7 Å². The Kier molecular flexibility index (Phi) is 7.09. The molecular formula is C13H7F19. The SMILES string of the molecule is C=CC(C)C(F)(F)C(F)(F)C(F)(F)C(F)(F)C(F)(F)C(F)(F)C(F)(F)C(F)(F)C(F)(F)F. The van der Waals surface area contributed by atoms with Gasteiger partial charge in [-0.1, -0.05) is 13.0 Å². The van der Waals surface area contributed by atoms with Crippen LogP contribution in [0.1, 0.15) is 6.92 Å². The summed E-state index contributed by atoms with van der Waals surface area (Å²) in [5, 5.41) is 0. The zero-order chi connectivity index (χ0) is 26.8. The molecule has 0 fully saturated rings. The first-order chi connectivity index (χ1) is 13.5. The van der Waals surface area contributed by atoms with Crippen LogP contribution >= 0.6 is 0 Å². The van der Waals surface area contributed by atoms with Gasteiger partial charge in [0.2, 0.25) is 0 Å². The van der Waals surface area contributed by atoms with Crippen molar-refractivity contribution in [3.63, 3.8) is 0 Å². The molecule has 0 aromatic heterocycles. The minimum Gasteiger partial charge on any atom is -0.199 e. The predicted molar refractivity (Wildman–Crippen MR) is 65.0 cm³/mol. The van der Waals surface area contributed by atoms with Crippen molar-refractivity contribution in [2.75, 3.05) is 0 Å². The second-order valence-electron chi connectivity index (χ2n) is 6.17. The van der Waals surface area contributed by atoms with E-state index >= 15 is 0 Å². The first kappa shape index (κ1) is 30.4. The molecule has 0 spiro atoms. The van der Waals surface area contributed by atoms with E-state index in [2.05, 4.69) is 6.58 Å². The molecule has 32 heavy (non-hydrogen) atoms. The molecule has 0 N–H and O–H groups in total. The number of hydrogen-bond acceptors (Lipinski definition) is 0. The Labute approximate surface area is 164 Å². The third-order valence-corrected chi connectivity index (χ3v) is 4.07. The molecule has 1 atom stereocenters. The minimum atomic E-state index is -8.89. The Balaban J connectivity index is 6.95. The molecule has 0 bridgehead atoms. The Hall–Kier alpha value is -1.59. The summed E-state index contributed by atoms with van der Waals surface area (Å²) < 4.78 is 247. The van der Waals surface area contributed by atoms with Crippen molar-refractivity contribution in [3.8, 4) is 0 Å². The summed E-state index contributed by atoms with van der Waals surface area (Å²) in [6, 6.07) is 0. The average molecular weight is 524 g/mol. The van der Waals surface area contributed by atoms with Crippen LogP contribution in [0.5, 0.6) is 0 Å². The molecule has 0 aliphatic heterocycles. The molecule has 0 rings (SSSR count). The lowest BCUT2D eigenvalue weighted by Crippen LogP contribution is -2.76. The first-order valence-corrected chi connectivity index (χ1v) is 7.20. The maximum absolute atomic E-state index is 13.4. The van der Waals surface area contributed by atoms with E-state index in [9.17, 15) is 83.4 Å². The van der Waals surface area contributed by atoms with E-state index in [4.69, 9.17) is 0 Å².